The number of amides is 1. The van der Waals surface area contributed by atoms with Crippen LogP contribution in [0.1, 0.15) is 36.5 Å². The van der Waals surface area contributed by atoms with E-state index in [2.05, 4.69) is 40.2 Å². The number of carbonyl (C=O) groups excluding carboxylic acids is 1. The number of ether oxygens (including phenoxy) is 2. The summed E-state index contributed by atoms with van der Waals surface area (Å²) in [6.07, 6.45) is 1.51. The third-order valence-corrected chi connectivity index (χ3v) is 7.88. The van der Waals surface area contributed by atoms with Crippen molar-refractivity contribution in [2.24, 2.45) is 5.10 Å². The maximum absolute atomic E-state index is 13.8. The number of benzene rings is 4. The Morgan fingerprint density at radius 3 is 2.56 bits per heavy atom. The molecule has 8 nitrogen and oxygen atoms in total. The molecular weight excluding hydrogens is 663 g/mol. The fourth-order valence-electron chi connectivity index (χ4n) is 4.76. The van der Waals surface area contributed by atoms with Gasteiger partial charge in [-0.05, 0) is 106 Å². The summed E-state index contributed by atoms with van der Waals surface area (Å²) >= 11 is 9.98. The van der Waals surface area contributed by atoms with E-state index in [4.69, 9.17) is 26.1 Å². The van der Waals surface area contributed by atoms with Crippen molar-refractivity contribution in [2.45, 2.75) is 26.7 Å². The Morgan fingerprint density at radius 2 is 1.87 bits per heavy atom. The van der Waals surface area contributed by atoms with Gasteiger partial charge in [-0.3, -0.25) is 9.59 Å². The number of nitrogens with one attached hydrogen (secondary N) is 1. The van der Waals surface area contributed by atoms with Gasteiger partial charge < -0.3 is 14.8 Å². The smallest absolute Gasteiger partial charge is 0.282 e. The molecule has 5 rings (SSSR count). The molecule has 0 aliphatic carbocycles. The number of aromatic nitrogens is 2. The lowest BCUT2D eigenvalue weighted by atomic mass is 9.96. The third-order valence-electron chi connectivity index (χ3n) is 7.01. The molecule has 1 heterocycles. The molecule has 230 valence electrons. The molecule has 0 spiro atoms. The van der Waals surface area contributed by atoms with E-state index in [0.717, 1.165) is 22.4 Å². The standard InChI is InChI=1S/C34H29BrClFN4O4/c1-19(2)25-16-26(20(3)13-30(25)44-4)33-40-29-8-6-5-7-24(29)34(43)41(33)38-17-21-14-27(35)32(28(36)15-21)45-18-31(42)39-23-11-9-22(37)10-12-23/h5-17,19H,18H2,1-4H3,(H,39,42). The van der Waals surface area contributed by atoms with Crippen LogP contribution in [0.25, 0.3) is 22.3 Å². The van der Waals surface area contributed by atoms with Crippen LogP contribution in [-0.4, -0.2) is 35.5 Å². The summed E-state index contributed by atoms with van der Waals surface area (Å²) < 4.78 is 26.2. The first-order valence-corrected chi connectivity index (χ1v) is 15.1. The van der Waals surface area contributed by atoms with Crippen molar-refractivity contribution >= 4 is 56.2 Å². The van der Waals surface area contributed by atoms with Crippen LogP contribution < -0.4 is 20.3 Å². The van der Waals surface area contributed by atoms with Gasteiger partial charge in [-0.1, -0.05) is 37.6 Å². The molecule has 0 unspecified atom stereocenters. The molecule has 0 fully saturated rings. The van der Waals surface area contributed by atoms with Crippen LogP contribution in [0.2, 0.25) is 5.02 Å². The van der Waals surface area contributed by atoms with E-state index in [1.165, 1.54) is 35.2 Å². The number of aryl methyl sites for hydroxylation is 1. The van der Waals surface area contributed by atoms with Crippen molar-refractivity contribution in [1.82, 2.24) is 9.66 Å². The number of hydrogen-bond acceptors (Lipinski definition) is 6. The number of nitrogens with zero attached hydrogens (tertiary/aromatic N) is 3. The second-order valence-corrected chi connectivity index (χ2v) is 11.8. The fourth-order valence-corrected chi connectivity index (χ4v) is 5.75. The lowest BCUT2D eigenvalue weighted by molar-refractivity contribution is -0.118. The van der Waals surface area contributed by atoms with Crippen LogP contribution >= 0.6 is 27.5 Å². The number of halogens is 3. The largest absolute Gasteiger partial charge is 0.496 e. The van der Waals surface area contributed by atoms with E-state index in [9.17, 15) is 14.0 Å². The summed E-state index contributed by atoms with van der Waals surface area (Å²) in [7, 11) is 1.64. The number of carbonyl (C=O) groups is 1. The lowest BCUT2D eigenvalue weighted by Gasteiger charge is -2.17. The van der Waals surface area contributed by atoms with Crippen LogP contribution in [0.15, 0.2) is 87.2 Å². The number of methoxy groups -OCH3 is 1. The predicted molar refractivity (Wildman–Crippen MR) is 179 cm³/mol. The van der Waals surface area contributed by atoms with Gasteiger partial charge in [0.1, 0.15) is 11.6 Å². The van der Waals surface area contributed by atoms with E-state index < -0.39 is 11.7 Å². The Hall–Kier alpha value is -4.54. The van der Waals surface area contributed by atoms with Crippen molar-refractivity contribution in [3.8, 4) is 22.9 Å². The molecule has 45 heavy (non-hydrogen) atoms. The summed E-state index contributed by atoms with van der Waals surface area (Å²) in [6.45, 7) is 5.75. The van der Waals surface area contributed by atoms with E-state index in [-0.39, 0.29) is 28.9 Å². The molecule has 4 aromatic carbocycles. The molecule has 1 aromatic heterocycles. The third kappa shape index (κ3) is 7.08. The Kier molecular flexibility index (Phi) is 9.65. The van der Waals surface area contributed by atoms with Crippen LogP contribution in [-0.2, 0) is 4.79 Å². The van der Waals surface area contributed by atoms with E-state index in [1.54, 1.807) is 37.4 Å². The topological polar surface area (TPSA) is 94.8 Å². The van der Waals surface area contributed by atoms with Crippen molar-refractivity contribution in [2.75, 3.05) is 19.0 Å². The van der Waals surface area contributed by atoms with Gasteiger partial charge in [0.2, 0.25) is 0 Å². The summed E-state index contributed by atoms with van der Waals surface area (Å²) in [5.74, 6) is 0.715. The molecule has 11 heteroatoms. The minimum Gasteiger partial charge on any atom is -0.496 e. The Bertz CT molecular complexity index is 1970. The van der Waals surface area contributed by atoms with Crippen molar-refractivity contribution in [3.05, 3.63) is 115 Å². The molecule has 0 saturated heterocycles. The summed E-state index contributed by atoms with van der Waals surface area (Å²) in [4.78, 5) is 31.0. The summed E-state index contributed by atoms with van der Waals surface area (Å²) in [5, 5.41) is 7.85. The maximum Gasteiger partial charge on any atom is 0.282 e. The predicted octanol–water partition coefficient (Wildman–Crippen LogP) is 7.96. The summed E-state index contributed by atoms with van der Waals surface area (Å²) in [6, 6.07) is 19.8. The van der Waals surface area contributed by atoms with Crippen molar-refractivity contribution in [3.63, 3.8) is 0 Å². The van der Waals surface area contributed by atoms with Crippen LogP contribution in [0.4, 0.5) is 10.1 Å². The molecule has 0 aliphatic rings. The fraction of sp³-hybridized carbons (Fsp3) is 0.176. The molecule has 0 atom stereocenters. The van der Waals surface area contributed by atoms with Gasteiger partial charge in [0.25, 0.3) is 11.5 Å². The SMILES string of the molecule is COc1cc(C)c(-c2nc3ccccc3c(=O)n2N=Cc2cc(Cl)c(OCC(=O)Nc3ccc(F)cc3)c(Br)c2)cc1C(C)C. The molecular formula is C34H29BrClFN4O4. The number of para-hydroxylation sites is 1. The van der Waals surface area contributed by atoms with E-state index >= 15 is 0 Å². The average Bonchev–Trinajstić information content (AvgIpc) is 3.01. The van der Waals surface area contributed by atoms with Crippen LogP contribution in [0, 0.1) is 12.7 Å². The first-order valence-electron chi connectivity index (χ1n) is 14.0. The van der Waals surface area contributed by atoms with Crippen LogP contribution in [0.5, 0.6) is 11.5 Å². The van der Waals surface area contributed by atoms with Crippen LogP contribution in [0.3, 0.4) is 0 Å². The normalized spacial score (nSPS) is 11.4. The highest BCUT2D eigenvalue weighted by molar-refractivity contribution is 9.10. The number of fused-ring (bicyclic) bond motifs is 1. The molecule has 1 N–H and O–H groups in total. The van der Waals surface area contributed by atoms with Gasteiger partial charge in [-0.25, -0.2) is 9.37 Å². The monoisotopic (exact) mass is 690 g/mol. The number of hydrogen-bond donors (Lipinski definition) is 1. The number of rotatable bonds is 9. The summed E-state index contributed by atoms with van der Waals surface area (Å²) in [5.41, 5.74) is 3.83. The van der Waals surface area contributed by atoms with Gasteiger partial charge in [0.15, 0.2) is 18.2 Å². The highest BCUT2D eigenvalue weighted by Gasteiger charge is 2.19. The van der Waals surface area contributed by atoms with Gasteiger partial charge in [-0.15, -0.1) is 0 Å². The quantitative estimate of drug-likeness (QED) is 0.158. The van der Waals surface area contributed by atoms with Crippen molar-refractivity contribution < 1.29 is 18.7 Å². The second-order valence-electron chi connectivity index (χ2n) is 10.5. The maximum atomic E-state index is 13.8. The highest BCUT2D eigenvalue weighted by Crippen LogP contribution is 2.35. The minimum atomic E-state index is -0.444. The van der Waals surface area contributed by atoms with Gasteiger partial charge >= 0.3 is 0 Å². The first kappa shape index (κ1) is 31.9. The van der Waals surface area contributed by atoms with Gasteiger partial charge in [-0.2, -0.15) is 9.78 Å². The molecule has 0 saturated carbocycles. The zero-order valence-corrected chi connectivity index (χ0v) is 27.2. The first-order chi connectivity index (χ1) is 21.5. The van der Waals surface area contributed by atoms with Gasteiger partial charge in [0.05, 0.1) is 33.7 Å². The Morgan fingerprint density at radius 1 is 1.13 bits per heavy atom. The Labute approximate surface area is 272 Å². The highest BCUT2D eigenvalue weighted by atomic mass is 79.9. The average molecular weight is 692 g/mol. The molecule has 1 amide bonds. The van der Waals surface area contributed by atoms with Gasteiger partial charge in [0, 0.05) is 11.3 Å². The number of anilines is 1. The molecule has 5 aromatic rings. The zero-order chi connectivity index (χ0) is 32.2. The van der Waals surface area contributed by atoms with E-state index in [0.29, 0.717) is 32.5 Å². The molecule has 0 aliphatic heterocycles. The lowest BCUT2D eigenvalue weighted by Crippen LogP contribution is -2.21. The molecule has 0 bridgehead atoms. The zero-order valence-electron chi connectivity index (χ0n) is 24.9. The minimum absolute atomic E-state index is 0.164. The van der Waals surface area contributed by atoms with Crippen molar-refractivity contribution in [1.29, 1.82) is 0 Å². The van der Waals surface area contributed by atoms with E-state index in [1.807, 2.05) is 25.1 Å². The Balaban J connectivity index is 1.48. The molecule has 0 radical (unpaired) electrons. The second kappa shape index (κ2) is 13.6.